The Balaban J connectivity index is 1.80. The number of para-hydroxylation sites is 1. The van der Waals surface area contributed by atoms with E-state index < -0.39 is 0 Å². The molecular formula is C17H23FN2. The molecule has 1 aliphatic carbocycles. The van der Waals surface area contributed by atoms with Crippen molar-refractivity contribution in [1.29, 1.82) is 0 Å². The van der Waals surface area contributed by atoms with Crippen LogP contribution in [0.15, 0.2) is 18.2 Å². The number of aryl methyl sites for hydroxylation is 1. The highest BCUT2D eigenvalue weighted by Gasteiger charge is 2.16. The lowest BCUT2D eigenvalue weighted by molar-refractivity contribution is 0.527. The van der Waals surface area contributed by atoms with Crippen LogP contribution >= 0.6 is 0 Å². The summed E-state index contributed by atoms with van der Waals surface area (Å²) in [6.45, 7) is 3.07. The van der Waals surface area contributed by atoms with E-state index >= 15 is 0 Å². The van der Waals surface area contributed by atoms with E-state index in [1.54, 1.807) is 6.07 Å². The molecule has 0 bridgehead atoms. The van der Waals surface area contributed by atoms with Gasteiger partial charge in [-0.05, 0) is 44.4 Å². The third-order valence-electron chi connectivity index (χ3n) is 4.75. The lowest BCUT2D eigenvalue weighted by Gasteiger charge is -2.11. The summed E-state index contributed by atoms with van der Waals surface area (Å²) in [4.78, 5) is 0. The van der Waals surface area contributed by atoms with E-state index in [4.69, 9.17) is 0 Å². The summed E-state index contributed by atoms with van der Waals surface area (Å²) in [6, 6.07) is 6.09. The molecule has 1 N–H and O–H groups in total. The van der Waals surface area contributed by atoms with Crippen LogP contribution in [0, 0.1) is 12.7 Å². The molecule has 1 aliphatic rings. The number of fused-ring (bicyclic) bond motifs is 1. The molecule has 3 heteroatoms. The van der Waals surface area contributed by atoms with Crippen molar-refractivity contribution in [3.8, 4) is 0 Å². The fraction of sp³-hybridized carbons (Fsp3) is 0.529. The number of nitrogens with zero attached hydrogens (tertiary/aromatic N) is 1. The highest BCUT2D eigenvalue weighted by molar-refractivity contribution is 5.86. The summed E-state index contributed by atoms with van der Waals surface area (Å²) >= 11 is 0. The van der Waals surface area contributed by atoms with Crippen LogP contribution in [0.1, 0.15) is 36.9 Å². The number of hydrogen-bond donors (Lipinski definition) is 1. The van der Waals surface area contributed by atoms with Crippen molar-refractivity contribution in [3.63, 3.8) is 0 Å². The molecule has 2 nitrogen and oxygen atoms in total. The van der Waals surface area contributed by atoms with Gasteiger partial charge < -0.3 is 9.88 Å². The summed E-state index contributed by atoms with van der Waals surface area (Å²) in [6.07, 6.45) is 6.31. The first-order valence-corrected chi connectivity index (χ1v) is 7.64. The van der Waals surface area contributed by atoms with E-state index in [0.29, 0.717) is 6.04 Å². The van der Waals surface area contributed by atoms with E-state index in [9.17, 15) is 4.39 Å². The minimum Gasteiger partial charge on any atom is -0.345 e. The van der Waals surface area contributed by atoms with Gasteiger partial charge in [0, 0.05) is 24.2 Å². The number of halogens is 1. The standard InChI is InChI=1S/C17H23FN2/c1-12-14(10-11-19-13-6-3-4-7-13)15-8-5-9-16(18)17(15)20(12)2/h5,8-9,13,19H,3-4,6-7,10-11H2,1-2H3. The van der Waals surface area contributed by atoms with Gasteiger partial charge in [0.25, 0.3) is 0 Å². The Morgan fingerprint density at radius 1 is 1.30 bits per heavy atom. The molecule has 1 saturated carbocycles. The van der Waals surface area contributed by atoms with E-state index in [0.717, 1.165) is 23.9 Å². The van der Waals surface area contributed by atoms with Crippen LogP contribution in [0.3, 0.4) is 0 Å². The maximum Gasteiger partial charge on any atom is 0.147 e. The Kier molecular flexibility index (Phi) is 3.79. The van der Waals surface area contributed by atoms with Gasteiger partial charge in [0.2, 0.25) is 0 Å². The average Bonchev–Trinajstić information content (AvgIpc) is 3.02. The van der Waals surface area contributed by atoms with Crippen LogP contribution in [-0.4, -0.2) is 17.2 Å². The van der Waals surface area contributed by atoms with Crippen molar-refractivity contribution < 1.29 is 4.39 Å². The van der Waals surface area contributed by atoms with Crippen molar-refractivity contribution >= 4 is 10.9 Å². The highest BCUT2D eigenvalue weighted by Crippen LogP contribution is 2.27. The largest absolute Gasteiger partial charge is 0.345 e. The molecule has 1 aromatic carbocycles. The van der Waals surface area contributed by atoms with Gasteiger partial charge >= 0.3 is 0 Å². The Labute approximate surface area is 120 Å². The number of hydrogen-bond acceptors (Lipinski definition) is 1. The van der Waals surface area contributed by atoms with Crippen LogP contribution in [0.4, 0.5) is 4.39 Å². The molecular weight excluding hydrogens is 251 g/mol. The third kappa shape index (κ3) is 2.35. The normalized spacial score (nSPS) is 16.4. The predicted octanol–water partition coefficient (Wildman–Crippen LogP) is 3.70. The molecule has 0 spiro atoms. The second-order valence-corrected chi connectivity index (χ2v) is 5.94. The van der Waals surface area contributed by atoms with Crippen LogP contribution in [-0.2, 0) is 13.5 Å². The fourth-order valence-electron chi connectivity index (χ4n) is 3.51. The topological polar surface area (TPSA) is 17.0 Å². The molecule has 1 aromatic heterocycles. The maximum absolute atomic E-state index is 14.0. The Hall–Kier alpha value is -1.35. The highest BCUT2D eigenvalue weighted by atomic mass is 19.1. The van der Waals surface area contributed by atoms with Gasteiger partial charge in [-0.25, -0.2) is 4.39 Å². The summed E-state index contributed by atoms with van der Waals surface area (Å²) in [5, 5.41) is 4.71. The molecule has 1 heterocycles. The van der Waals surface area contributed by atoms with E-state index in [2.05, 4.69) is 12.2 Å². The molecule has 20 heavy (non-hydrogen) atoms. The van der Waals surface area contributed by atoms with Gasteiger partial charge in [0.1, 0.15) is 5.82 Å². The van der Waals surface area contributed by atoms with Gasteiger partial charge in [0.15, 0.2) is 0 Å². The zero-order chi connectivity index (χ0) is 14.1. The molecule has 108 valence electrons. The Morgan fingerprint density at radius 2 is 2.05 bits per heavy atom. The Morgan fingerprint density at radius 3 is 2.80 bits per heavy atom. The number of nitrogens with one attached hydrogen (secondary N) is 1. The van der Waals surface area contributed by atoms with Crippen LogP contribution < -0.4 is 5.32 Å². The van der Waals surface area contributed by atoms with Crippen LogP contribution in [0.25, 0.3) is 10.9 Å². The lowest BCUT2D eigenvalue weighted by Crippen LogP contribution is -2.28. The molecule has 1 fully saturated rings. The van der Waals surface area contributed by atoms with Gasteiger partial charge in [-0.2, -0.15) is 0 Å². The monoisotopic (exact) mass is 274 g/mol. The summed E-state index contributed by atoms with van der Waals surface area (Å²) < 4.78 is 16.0. The lowest BCUT2D eigenvalue weighted by atomic mass is 10.1. The fourth-order valence-corrected chi connectivity index (χ4v) is 3.51. The van der Waals surface area contributed by atoms with Crippen molar-refractivity contribution in [2.45, 2.75) is 45.1 Å². The number of aromatic nitrogens is 1. The molecule has 0 radical (unpaired) electrons. The summed E-state index contributed by atoms with van der Waals surface area (Å²) in [5.41, 5.74) is 3.20. The van der Waals surface area contributed by atoms with Crippen molar-refractivity contribution in [2.75, 3.05) is 6.54 Å². The zero-order valence-corrected chi connectivity index (χ0v) is 12.4. The van der Waals surface area contributed by atoms with Crippen molar-refractivity contribution in [3.05, 3.63) is 35.3 Å². The van der Waals surface area contributed by atoms with E-state index in [1.165, 1.54) is 36.9 Å². The van der Waals surface area contributed by atoms with Crippen molar-refractivity contribution in [2.24, 2.45) is 7.05 Å². The number of benzene rings is 1. The second-order valence-electron chi connectivity index (χ2n) is 5.94. The second kappa shape index (κ2) is 5.57. The third-order valence-corrected chi connectivity index (χ3v) is 4.75. The first-order chi connectivity index (χ1) is 9.68. The molecule has 2 aromatic rings. The molecule has 0 aliphatic heterocycles. The van der Waals surface area contributed by atoms with Gasteiger partial charge in [-0.15, -0.1) is 0 Å². The SMILES string of the molecule is Cc1c(CCNC2CCCC2)c2cccc(F)c2n1C. The minimum atomic E-state index is -0.122. The first-order valence-electron chi connectivity index (χ1n) is 7.64. The van der Waals surface area contributed by atoms with Crippen LogP contribution in [0.5, 0.6) is 0 Å². The van der Waals surface area contributed by atoms with Crippen LogP contribution in [0.2, 0.25) is 0 Å². The van der Waals surface area contributed by atoms with Gasteiger partial charge in [0.05, 0.1) is 5.52 Å². The smallest absolute Gasteiger partial charge is 0.147 e. The molecule has 0 saturated heterocycles. The Bertz CT molecular complexity index is 609. The molecule has 3 rings (SSSR count). The quantitative estimate of drug-likeness (QED) is 0.899. The van der Waals surface area contributed by atoms with Gasteiger partial charge in [-0.1, -0.05) is 25.0 Å². The molecule has 0 unspecified atom stereocenters. The molecule has 0 amide bonds. The summed E-state index contributed by atoms with van der Waals surface area (Å²) in [5.74, 6) is -0.122. The van der Waals surface area contributed by atoms with E-state index in [1.807, 2.05) is 23.7 Å². The zero-order valence-electron chi connectivity index (χ0n) is 12.4. The first kappa shape index (κ1) is 13.6. The average molecular weight is 274 g/mol. The predicted molar refractivity (Wildman–Crippen MR) is 81.6 cm³/mol. The van der Waals surface area contributed by atoms with Gasteiger partial charge in [-0.3, -0.25) is 0 Å². The van der Waals surface area contributed by atoms with Crippen molar-refractivity contribution in [1.82, 2.24) is 9.88 Å². The summed E-state index contributed by atoms with van der Waals surface area (Å²) in [7, 11) is 1.95. The maximum atomic E-state index is 14.0. The van der Waals surface area contributed by atoms with E-state index in [-0.39, 0.29) is 5.82 Å². The minimum absolute atomic E-state index is 0.122. The number of rotatable bonds is 4. The molecule has 0 atom stereocenters.